The molecule has 3 heterocycles. The molecule has 4 N–H and O–H groups in total. The molecule has 0 bridgehead atoms. The molecule has 2 saturated heterocycles. The lowest BCUT2D eigenvalue weighted by Crippen LogP contribution is -2.60. The van der Waals surface area contributed by atoms with Crippen LogP contribution in [0.4, 0.5) is 0 Å². The van der Waals surface area contributed by atoms with Crippen LogP contribution in [0, 0.1) is 0 Å². The minimum atomic E-state index is -1.11. The molecule has 3 aromatic carbocycles. The fourth-order valence-electron chi connectivity index (χ4n) is 7.70. The normalized spacial score (nSPS) is 18.2. The lowest BCUT2D eigenvalue weighted by atomic mass is 10.0. The van der Waals surface area contributed by atoms with Crippen LogP contribution in [0.15, 0.2) is 85.1 Å². The quantitative estimate of drug-likeness (QED) is 0.0385. The molecule has 0 spiro atoms. The minimum Gasteiger partial charge on any atom is -0.483 e. The van der Waals surface area contributed by atoms with Crippen molar-refractivity contribution in [1.29, 1.82) is 0 Å². The van der Waals surface area contributed by atoms with Crippen LogP contribution in [-0.2, 0) is 71.3 Å². The number of ether oxygens (including phenoxy) is 4. The Bertz CT molecular complexity index is 2300. The second kappa shape index (κ2) is 21.9. The summed E-state index contributed by atoms with van der Waals surface area (Å²) < 4.78 is 24.3. The number of amides is 4. The number of epoxide rings is 1. The molecular formula is C47H59N8O10+. The predicted octanol–water partition coefficient (Wildman–Crippen LogP) is 1.88. The van der Waals surface area contributed by atoms with Gasteiger partial charge >= 0.3 is 5.97 Å². The van der Waals surface area contributed by atoms with Gasteiger partial charge in [-0.1, -0.05) is 65.9 Å². The van der Waals surface area contributed by atoms with Gasteiger partial charge in [0.05, 0.1) is 32.1 Å². The average molecular weight is 896 g/mol. The van der Waals surface area contributed by atoms with Crippen LogP contribution in [0.3, 0.4) is 0 Å². The zero-order valence-electron chi connectivity index (χ0n) is 37.5. The molecule has 4 amide bonds. The van der Waals surface area contributed by atoms with Gasteiger partial charge in [0.2, 0.25) is 17.7 Å². The fourth-order valence-corrected chi connectivity index (χ4v) is 7.70. The molecule has 0 saturated carbocycles. The summed E-state index contributed by atoms with van der Waals surface area (Å²) in [5, 5.41) is 19.2. The molecular weight excluding hydrogens is 837 g/mol. The molecule has 346 valence electrons. The van der Waals surface area contributed by atoms with Gasteiger partial charge in [-0.3, -0.25) is 33.4 Å². The molecule has 2 aliphatic rings. The van der Waals surface area contributed by atoms with Gasteiger partial charge in [0.1, 0.15) is 55.7 Å². The lowest BCUT2D eigenvalue weighted by molar-refractivity contribution is -0.940. The second-order valence-corrected chi connectivity index (χ2v) is 17.0. The first-order valence-electron chi connectivity index (χ1n) is 21.8. The van der Waals surface area contributed by atoms with Gasteiger partial charge in [-0.05, 0) is 62.9 Å². The Labute approximate surface area is 378 Å². The number of esters is 1. The zero-order valence-corrected chi connectivity index (χ0v) is 37.5. The van der Waals surface area contributed by atoms with Crippen LogP contribution in [0.2, 0.25) is 0 Å². The van der Waals surface area contributed by atoms with E-state index in [-0.39, 0.29) is 50.0 Å². The van der Waals surface area contributed by atoms with Crippen molar-refractivity contribution in [3.63, 3.8) is 0 Å². The highest BCUT2D eigenvalue weighted by molar-refractivity contribution is 5.98. The van der Waals surface area contributed by atoms with Crippen molar-refractivity contribution < 1.29 is 52.2 Å². The largest absolute Gasteiger partial charge is 0.483 e. The SMILES string of the molecule is CC(=O)Oc1ccc(C[N+]2(CC(=O)N[C@@H](CCc3ccccc3)C(=O)N[C@@H](C)C(=O)N[C@@H](Cc3ccccc3)C(=O)N[C@@H](C)C(=O)[C@@]3(C)CO3)CCOCC2)cc1OCc1cn(C)nn1. The number of carbonyl (C=O) groups is 6. The number of Topliss-reactive ketones (excluding diaryl/α,β-unsaturated/α-hetero) is 1. The van der Waals surface area contributed by atoms with Gasteiger partial charge in [-0.15, -0.1) is 5.10 Å². The Morgan fingerprint density at radius 1 is 0.800 bits per heavy atom. The van der Waals surface area contributed by atoms with Crippen molar-refractivity contribution in [2.24, 2.45) is 7.05 Å². The maximum absolute atomic E-state index is 14.2. The van der Waals surface area contributed by atoms with E-state index in [4.69, 9.17) is 18.9 Å². The highest BCUT2D eigenvalue weighted by Gasteiger charge is 2.49. The Morgan fingerprint density at radius 3 is 2.08 bits per heavy atom. The summed E-state index contributed by atoms with van der Waals surface area (Å²) in [5.41, 5.74) is 2.18. The second-order valence-electron chi connectivity index (χ2n) is 17.0. The number of aromatic nitrogens is 3. The third kappa shape index (κ3) is 14.0. The molecule has 18 heteroatoms. The average Bonchev–Trinajstić information content (AvgIpc) is 3.90. The van der Waals surface area contributed by atoms with E-state index in [9.17, 15) is 28.8 Å². The number of aryl methyl sites for hydroxylation is 2. The number of ketones is 1. The van der Waals surface area contributed by atoms with E-state index in [2.05, 4.69) is 31.6 Å². The van der Waals surface area contributed by atoms with Gasteiger partial charge in [-0.25, -0.2) is 0 Å². The Balaban J connectivity index is 1.14. The van der Waals surface area contributed by atoms with Crippen LogP contribution in [0.25, 0.3) is 0 Å². The molecule has 0 radical (unpaired) electrons. The Hall–Kier alpha value is -6.50. The smallest absolute Gasteiger partial charge is 0.308 e. The molecule has 6 rings (SSSR count). The Kier molecular flexibility index (Phi) is 16.2. The van der Waals surface area contributed by atoms with Crippen LogP contribution < -0.4 is 30.7 Å². The van der Waals surface area contributed by atoms with Crippen molar-refractivity contribution in [1.82, 2.24) is 36.3 Å². The van der Waals surface area contributed by atoms with Crippen LogP contribution >= 0.6 is 0 Å². The first-order chi connectivity index (χ1) is 31.1. The monoisotopic (exact) mass is 895 g/mol. The topological polar surface area (TPSA) is 221 Å². The van der Waals surface area contributed by atoms with E-state index in [0.29, 0.717) is 55.2 Å². The molecule has 1 aromatic heterocycles. The molecule has 0 unspecified atom stereocenters. The van der Waals surface area contributed by atoms with Gasteiger partial charge in [0.25, 0.3) is 5.91 Å². The maximum atomic E-state index is 14.2. The number of quaternary nitrogens is 1. The number of morpholine rings is 1. The summed E-state index contributed by atoms with van der Waals surface area (Å²) in [6.07, 6.45) is 2.53. The third-order valence-corrected chi connectivity index (χ3v) is 11.4. The van der Waals surface area contributed by atoms with E-state index in [1.54, 1.807) is 43.9 Å². The van der Waals surface area contributed by atoms with Crippen molar-refractivity contribution >= 4 is 35.4 Å². The molecule has 5 atom stereocenters. The van der Waals surface area contributed by atoms with Crippen LogP contribution in [0.5, 0.6) is 11.5 Å². The van der Waals surface area contributed by atoms with E-state index >= 15 is 0 Å². The molecule has 2 aliphatic heterocycles. The highest BCUT2D eigenvalue weighted by Crippen LogP contribution is 2.31. The molecule has 0 aliphatic carbocycles. The summed E-state index contributed by atoms with van der Waals surface area (Å²) in [5.74, 6) is -2.36. The molecule has 2 fully saturated rings. The number of nitrogens with zero attached hydrogens (tertiary/aromatic N) is 4. The van der Waals surface area contributed by atoms with Crippen molar-refractivity contribution in [2.45, 2.75) is 89.9 Å². The lowest BCUT2D eigenvalue weighted by Gasteiger charge is -2.41. The van der Waals surface area contributed by atoms with E-state index in [1.807, 2.05) is 66.7 Å². The number of nitrogens with one attached hydrogen (secondary N) is 4. The summed E-state index contributed by atoms with van der Waals surface area (Å²) in [7, 11) is 1.74. The van der Waals surface area contributed by atoms with Gasteiger partial charge in [-0.2, -0.15) is 0 Å². The minimum absolute atomic E-state index is 0.0124. The number of hydrogen-bond acceptors (Lipinski definition) is 12. The highest BCUT2D eigenvalue weighted by atomic mass is 16.6. The molecule has 18 nitrogen and oxygen atoms in total. The van der Waals surface area contributed by atoms with Gasteiger partial charge in [0, 0.05) is 26.0 Å². The standard InChI is InChI=1S/C47H58N8O10/c1-31(43(58)47(4)30-64-47)48-46(61)39(24-35-14-10-7-11-15-35)51-44(59)32(2)49-45(60)38(18-16-34-12-8-6-9-13-34)50-42(57)28-55(20-22-62-23-21-55)27-36-17-19-40(65-33(3)56)41(25-36)63-29-37-26-54(5)53-52-37/h6-15,17,19,25-26,31-32,38-39H,16,18,20-24,27-30H2,1-5H3,(H3-,48,49,50,51,57,59,60,61)/p+1/t31-,32-,38-,39-,47+/m0/s1. The first kappa shape index (κ1) is 48.0. The fraction of sp³-hybridized carbons (Fsp3) is 0.447. The number of benzene rings is 3. The summed E-state index contributed by atoms with van der Waals surface area (Å²) >= 11 is 0. The number of rotatable bonds is 22. The molecule has 4 aromatic rings. The maximum Gasteiger partial charge on any atom is 0.308 e. The zero-order chi connectivity index (χ0) is 46.6. The van der Waals surface area contributed by atoms with Gasteiger partial charge < -0.3 is 44.7 Å². The van der Waals surface area contributed by atoms with E-state index in [0.717, 1.165) is 16.7 Å². The summed E-state index contributed by atoms with van der Waals surface area (Å²) in [6, 6.07) is 19.9. The van der Waals surface area contributed by atoms with Crippen molar-refractivity contribution in [2.75, 3.05) is 39.5 Å². The Morgan fingerprint density at radius 2 is 1.45 bits per heavy atom. The molecule has 65 heavy (non-hydrogen) atoms. The summed E-state index contributed by atoms with van der Waals surface area (Å²) in [6.45, 7) is 8.63. The number of hydrogen-bond donors (Lipinski definition) is 4. The van der Waals surface area contributed by atoms with Crippen LogP contribution in [0.1, 0.15) is 56.5 Å². The van der Waals surface area contributed by atoms with Crippen molar-refractivity contribution in [3.8, 4) is 11.5 Å². The third-order valence-electron chi connectivity index (χ3n) is 11.4. The van der Waals surface area contributed by atoms with Gasteiger partial charge in [0.15, 0.2) is 23.8 Å². The van der Waals surface area contributed by atoms with Crippen LogP contribution in [-0.4, -0.2) is 124 Å². The van der Waals surface area contributed by atoms with E-state index in [1.165, 1.54) is 13.8 Å². The predicted molar refractivity (Wildman–Crippen MR) is 236 cm³/mol. The first-order valence-corrected chi connectivity index (χ1v) is 21.8. The number of carbonyl (C=O) groups excluding carboxylic acids is 6. The summed E-state index contributed by atoms with van der Waals surface area (Å²) in [4.78, 5) is 80.4. The van der Waals surface area contributed by atoms with Crippen molar-refractivity contribution in [3.05, 3.63) is 107 Å². The van der Waals surface area contributed by atoms with E-state index < -0.39 is 53.5 Å².